The third kappa shape index (κ3) is 2.18. The Morgan fingerprint density at radius 2 is 1.48 bits per heavy atom. The van der Waals surface area contributed by atoms with E-state index in [2.05, 4.69) is 5.32 Å². The van der Waals surface area contributed by atoms with Crippen LogP contribution >= 0.6 is 0 Å². The zero-order valence-corrected chi connectivity index (χ0v) is 11.5. The summed E-state index contributed by atoms with van der Waals surface area (Å²) < 4.78 is 0. The molecule has 0 fully saturated rings. The molecule has 0 aromatic heterocycles. The Labute approximate surface area is 122 Å². The van der Waals surface area contributed by atoms with Crippen molar-refractivity contribution < 1.29 is 14.7 Å². The first-order valence-electron chi connectivity index (χ1n) is 6.77. The van der Waals surface area contributed by atoms with Gasteiger partial charge in [-0.15, -0.1) is 0 Å². The summed E-state index contributed by atoms with van der Waals surface area (Å²) >= 11 is 0. The molecule has 0 spiro atoms. The third-order valence-electron chi connectivity index (χ3n) is 3.84. The van der Waals surface area contributed by atoms with E-state index >= 15 is 0 Å². The van der Waals surface area contributed by atoms with Gasteiger partial charge in [0, 0.05) is 12.8 Å². The molecule has 4 nitrogen and oxygen atoms in total. The second-order valence-corrected chi connectivity index (χ2v) is 5.17. The zero-order valence-electron chi connectivity index (χ0n) is 11.5. The number of nitrogens with one attached hydrogen (secondary N) is 1. The van der Waals surface area contributed by atoms with Crippen LogP contribution in [0.25, 0.3) is 11.1 Å². The summed E-state index contributed by atoms with van der Waals surface area (Å²) in [5.41, 5.74) is 3.96. The minimum absolute atomic E-state index is 0.343. The molecule has 2 aromatic rings. The van der Waals surface area contributed by atoms with E-state index < -0.39 is 12.0 Å². The van der Waals surface area contributed by atoms with Gasteiger partial charge in [0.2, 0.25) is 5.91 Å². The van der Waals surface area contributed by atoms with Crippen molar-refractivity contribution in [2.24, 2.45) is 0 Å². The van der Waals surface area contributed by atoms with Crippen LogP contribution in [0, 0.1) is 0 Å². The van der Waals surface area contributed by atoms with Crippen molar-refractivity contribution in [2.75, 3.05) is 0 Å². The summed E-state index contributed by atoms with van der Waals surface area (Å²) in [6, 6.07) is 14.5. The Kier molecular flexibility index (Phi) is 3.22. The fourth-order valence-corrected chi connectivity index (χ4v) is 3.06. The fourth-order valence-electron chi connectivity index (χ4n) is 3.06. The van der Waals surface area contributed by atoms with Gasteiger partial charge in [-0.05, 0) is 22.3 Å². The normalized spacial score (nSPS) is 14.1. The van der Waals surface area contributed by atoms with Crippen molar-refractivity contribution >= 4 is 11.9 Å². The number of amides is 1. The predicted molar refractivity (Wildman–Crippen MR) is 79.0 cm³/mol. The summed E-state index contributed by atoms with van der Waals surface area (Å²) in [6.07, 6.45) is 0. The van der Waals surface area contributed by atoms with E-state index in [9.17, 15) is 14.7 Å². The predicted octanol–water partition coefficient (Wildman–Crippen LogP) is 2.39. The van der Waals surface area contributed by atoms with Gasteiger partial charge in [-0.25, -0.2) is 4.79 Å². The number of carbonyl (C=O) groups is 2. The lowest BCUT2D eigenvalue weighted by Crippen LogP contribution is -2.43. The van der Waals surface area contributed by atoms with Crippen LogP contribution in [0.5, 0.6) is 0 Å². The van der Waals surface area contributed by atoms with E-state index in [0.717, 1.165) is 22.3 Å². The van der Waals surface area contributed by atoms with Gasteiger partial charge in [0.15, 0.2) is 0 Å². The van der Waals surface area contributed by atoms with Crippen LogP contribution in [0.15, 0.2) is 48.5 Å². The Balaban J connectivity index is 2.17. The third-order valence-corrected chi connectivity index (χ3v) is 3.84. The Morgan fingerprint density at radius 1 is 1.00 bits per heavy atom. The van der Waals surface area contributed by atoms with Crippen LogP contribution in [0.3, 0.4) is 0 Å². The molecule has 0 heterocycles. The molecule has 0 bridgehead atoms. The number of carbonyl (C=O) groups excluding carboxylic acids is 1. The fraction of sp³-hybridized carbons (Fsp3) is 0.176. The van der Waals surface area contributed by atoms with E-state index in [1.165, 1.54) is 6.92 Å². The number of rotatable bonds is 3. The van der Waals surface area contributed by atoms with E-state index in [4.69, 9.17) is 0 Å². The molecule has 1 amide bonds. The quantitative estimate of drug-likeness (QED) is 0.907. The van der Waals surface area contributed by atoms with Crippen molar-refractivity contribution in [3.8, 4) is 11.1 Å². The highest BCUT2D eigenvalue weighted by Crippen LogP contribution is 2.46. The van der Waals surface area contributed by atoms with Gasteiger partial charge in [0.25, 0.3) is 0 Å². The molecular formula is C17H15NO3. The summed E-state index contributed by atoms with van der Waals surface area (Å²) in [6.45, 7) is 1.34. The molecular weight excluding hydrogens is 266 g/mol. The van der Waals surface area contributed by atoms with Gasteiger partial charge < -0.3 is 10.4 Å². The SMILES string of the molecule is CC(=O)N[C@@H](C(=O)O)C1c2ccccc2-c2ccccc21. The second-order valence-electron chi connectivity index (χ2n) is 5.17. The summed E-state index contributed by atoms with van der Waals surface area (Å²) in [5.74, 6) is -1.73. The van der Waals surface area contributed by atoms with Crippen LogP contribution in [0.1, 0.15) is 24.0 Å². The highest BCUT2D eigenvalue weighted by Gasteiger charge is 2.38. The van der Waals surface area contributed by atoms with Crippen molar-refractivity contribution in [2.45, 2.75) is 18.9 Å². The van der Waals surface area contributed by atoms with Crippen LogP contribution < -0.4 is 5.32 Å². The standard InChI is InChI=1S/C17H15NO3/c1-10(19)18-16(17(20)21)15-13-8-4-2-6-11(13)12-7-3-5-9-14(12)15/h2-9,15-16H,1H3,(H,18,19)(H,20,21)/t16-/m1/s1. The number of hydrogen-bond acceptors (Lipinski definition) is 2. The largest absolute Gasteiger partial charge is 0.480 e. The minimum atomic E-state index is -1.03. The van der Waals surface area contributed by atoms with Gasteiger partial charge in [0.1, 0.15) is 6.04 Å². The lowest BCUT2D eigenvalue weighted by Gasteiger charge is -2.22. The van der Waals surface area contributed by atoms with E-state index in [-0.39, 0.29) is 11.8 Å². The molecule has 106 valence electrons. The Hall–Kier alpha value is -2.62. The van der Waals surface area contributed by atoms with Gasteiger partial charge in [-0.3, -0.25) is 4.79 Å². The van der Waals surface area contributed by atoms with Gasteiger partial charge >= 0.3 is 5.97 Å². The van der Waals surface area contributed by atoms with Crippen LogP contribution in [0.4, 0.5) is 0 Å². The molecule has 0 unspecified atom stereocenters. The van der Waals surface area contributed by atoms with E-state index in [1.807, 2.05) is 48.5 Å². The topological polar surface area (TPSA) is 66.4 Å². The monoisotopic (exact) mass is 281 g/mol. The second kappa shape index (κ2) is 5.05. The van der Waals surface area contributed by atoms with Crippen molar-refractivity contribution in [1.29, 1.82) is 0 Å². The molecule has 0 radical (unpaired) electrons. The Bertz CT molecular complexity index is 678. The zero-order chi connectivity index (χ0) is 15.0. The average Bonchev–Trinajstić information content (AvgIpc) is 2.79. The molecule has 2 aromatic carbocycles. The average molecular weight is 281 g/mol. The summed E-state index contributed by atoms with van der Waals surface area (Å²) in [5, 5.41) is 12.1. The van der Waals surface area contributed by atoms with Crippen molar-refractivity contribution in [3.63, 3.8) is 0 Å². The molecule has 1 aliphatic rings. The van der Waals surface area contributed by atoms with E-state index in [1.54, 1.807) is 0 Å². The van der Waals surface area contributed by atoms with Crippen LogP contribution in [-0.4, -0.2) is 23.0 Å². The number of fused-ring (bicyclic) bond motifs is 3. The molecule has 3 rings (SSSR count). The van der Waals surface area contributed by atoms with Crippen LogP contribution in [-0.2, 0) is 9.59 Å². The van der Waals surface area contributed by atoms with Gasteiger partial charge in [-0.1, -0.05) is 48.5 Å². The summed E-state index contributed by atoms with van der Waals surface area (Å²) in [4.78, 5) is 23.0. The van der Waals surface area contributed by atoms with Crippen LogP contribution in [0.2, 0.25) is 0 Å². The van der Waals surface area contributed by atoms with Crippen molar-refractivity contribution in [3.05, 3.63) is 59.7 Å². The highest BCUT2D eigenvalue weighted by molar-refractivity contribution is 5.88. The molecule has 2 N–H and O–H groups in total. The number of carboxylic acids is 1. The van der Waals surface area contributed by atoms with Gasteiger partial charge in [0.05, 0.1) is 0 Å². The molecule has 1 aliphatic carbocycles. The summed E-state index contributed by atoms with van der Waals surface area (Å²) in [7, 11) is 0. The Morgan fingerprint density at radius 3 is 1.90 bits per heavy atom. The maximum Gasteiger partial charge on any atom is 0.327 e. The maximum absolute atomic E-state index is 11.6. The lowest BCUT2D eigenvalue weighted by atomic mass is 9.89. The number of carboxylic acid groups (broad SMARTS) is 1. The number of hydrogen-bond donors (Lipinski definition) is 2. The molecule has 0 aliphatic heterocycles. The molecule has 4 heteroatoms. The van der Waals surface area contributed by atoms with Gasteiger partial charge in [-0.2, -0.15) is 0 Å². The van der Waals surface area contributed by atoms with Crippen molar-refractivity contribution in [1.82, 2.24) is 5.32 Å². The van der Waals surface area contributed by atoms with E-state index in [0.29, 0.717) is 0 Å². The molecule has 1 atom stereocenters. The highest BCUT2D eigenvalue weighted by atomic mass is 16.4. The maximum atomic E-state index is 11.6. The lowest BCUT2D eigenvalue weighted by molar-refractivity contribution is -0.141. The minimum Gasteiger partial charge on any atom is -0.480 e. The number of benzene rings is 2. The smallest absolute Gasteiger partial charge is 0.327 e. The molecule has 21 heavy (non-hydrogen) atoms. The first kappa shape index (κ1) is 13.4. The first-order valence-corrected chi connectivity index (χ1v) is 6.77. The number of aliphatic carboxylic acids is 1. The molecule has 0 saturated heterocycles. The molecule has 0 saturated carbocycles. The first-order chi connectivity index (χ1) is 10.1.